The number of hydrogen-bond donors (Lipinski definition) is 1. The Labute approximate surface area is 54.5 Å². The first-order chi connectivity index (χ1) is 4.34. The molecule has 0 unspecified atom stereocenters. The molecule has 0 saturated heterocycles. The third-order valence-electron chi connectivity index (χ3n) is 1.34. The third kappa shape index (κ3) is 1.25. The largest absolute Gasteiger partial charge is 0.481 e. The lowest BCUT2D eigenvalue weighted by atomic mass is 10.2. The molecule has 1 N–H and O–H groups in total. The molecule has 0 atom stereocenters. The van der Waals surface area contributed by atoms with Crippen molar-refractivity contribution in [3.8, 4) is 0 Å². The first-order valence-corrected chi connectivity index (χ1v) is 2.99. The molecule has 0 aromatic carbocycles. The van der Waals surface area contributed by atoms with E-state index in [1.807, 2.05) is 0 Å². The number of aliphatic hydroxyl groups excluding tert-OH is 1. The summed E-state index contributed by atoms with van der Waals surface area (Å²) in [6.07, 6.45) is 3.35. The second-order valence-electron chi connectivity index (χ2n) is 2.00. The number of allylic oxidation sites excluding steroid dienone is 1. The number of rotatable bonds is 2. The second kappa shape index (κ2) is 2.58. The molecular formula is C7H10O2. The van der Waals surface area contributed by atoms with Crippen LogP contribution >= 0.6 is 0 Å². The first-order valence-electron chi connectivity index (χ1n) is 2.99. The Morgan fingerprint density at radius 1 is 1.78 bits per heavy atom. The molecule has 9 heavy (non-hydrogen) atoms. The molecule has 0 aromatic rings. The molecule has 0 fully saturated rings. The summed E-state index contributed by atoms with van der Waals surface area (Å²) in [6, 6.07) is 0. The monoisotopic (exact) mass is 126 g/mol. The van der Waals surface area contributed by atoms with Crippen molar-refractivity contribution in [1.82, 2.24) is 0 Å². The van der Waals surface area contributed by atoms with Crippen molar-refractivity contribution in [2.24, 2.45) is 0 Å². The van der Waals surface area contributed by atoms with Crippen LogP contribution in [0.2, 0.25) is 0 Å². The van der Waals surface area contributed by atoms with Gasteiger partial charge in [-0.25, -0.2) is 0 Å². The van der Waals surface area contributed by atoms with Crippen LogP contribution < -0.4 is 0 Å². The quantitative estimate of drug-likeness (QED) is 0.571. The van der Waals surface area contributed by atoms with Crippen molar-refractivity contribution in [1.29, 1.82) is 0 Å². The topological polar surface area (TPSA) is 29.5 Å². The van der Waals surface area contributed by atoms with Gasteiger partial charge in [0.25, 0.3) is 5.95 Å². The highest BCUT2D eigenvalue weighted by atomic mass is 16.6. The molecule has 0 bridgehead atoms. The van der Waals surface area contributed by atoms with Gasteiger partial charge in [-0.1, -0.05) is 6.08 Å². The molecule has 1 rings (SSSR count). The van der Waals surface area contributed by atoms with Crippen LogP contribution in [0.5, 0.6) is 0 Å². The van der Waals surface area contributed by atoms with E-state index in [0.717, 1.165) is 18.4 Å². The lowest BCUT2D eigenvalue weighted by Crippen LogP contribution is -1.81. The van der Waals surface area contributed by atoms with Gasteiger partial charge in [0.15, 0.2) is 0 Å². The van der Waals surface area contributed by atoms with E-state index in [9.17, 15) is 0 Å². The van der Waals surface area contributed by atoms with Gasteiger partial charge in [0.1, 0.15) is 0 Å². The lowest BCUT2D eigenvalue weighted by molar-refractivity contribution is 0.117. The van der Waals surface area contributed by atoms with E-state index < -0.39 is 0 Å². The Hall–Kier alpha value is -0.920. The molecule has 0 radical (unpaired) electrons. The van der Waals surface area contributed by atoms with Crippen LogP contribution in [-0.4, -0.2) is 11.7 Å². The molecule has 2 heteroatoms. The minimum atomic E-state index is 0.106. The summed E-state index contributed by atoms with van der Waals surface area (Å²) in [6.45, 7) is 4.18. The van der Waals surface area contributed by atoms with Gasteiger partial charge in [0.05, 0.1) is 6.61 Å². The molecule has 1 aliphatic heterocycles. The van der Waals surface area contributed by atoms with E-state index in [-0.39, 0.29) is 5.95 Å². The summed E-state index contributed by atoms with van der Waals surface area (Å²) in [5.74, 6) is 0.106. The Bertz CT molecular complexity index is 147. The highest BCUT2D eigenvalue weighted by molar-refractivity contribution is 5.10. The van der Waals surface area contributed by atoms with Gasteiger partial charge in [-0.3, -0.25) is 0 Å². The van der Waals surface area contributed by atoms with Gasteiger partial charge in [0.2, 0.25) is 0 Å². The fraction of sp³-hybridized carbons (Fsp3) is 0.429. The van der Waals surface area contributed by atoms with E-state index >= 15 is 0 Å². The zero-order chi connectivity index (χ0) is 6.69. The van der Waals surface area contributed by atoms with Crippen molar-refractivity contribution in [3.05, 3.63) is 24.2 Å². The van der Waals surface area contributed by atoms with Crippen LogP contribution in [0.25, 0.3) is 0 Å². The van der Waals surface area contributed by atoms with Crippen molar-refractivity contribution >= 4 is 0 Å². The van der Waals surface area contributed by atoms with E-state index in [2.05, 4.69) is 6.58 Å². The van der Waals surface area contributed by atoms with Crippen molar-refractivity contribution in [2.45, 2.75) is 12.8 Å². The molecule has 50 valence electrons. The first kappa shape index (κ1) is 6.20. The highest BCUT2D eigenvalue weighted by Gasteiger charge is 2.12. The van der Waals surface area contributed by atoms with Crippen LogP contribution in [0.15, 0.2) is 24.2 Å². The zero-order valence-electron chi connectivity index (χ0n) is 5.26. The Balaban J connectivity index is 2.54. The van der Waals surface area contributed by atoms with E-state index in [1.165, 1.54) is 0 Å². The molecule has 1 heterocycles. The SMILES string of the molecule is C=CCC1=C(O)OCC1. The summed E-state index contributed by atoms with van der Waals surface area (Å²) >= 11 is 0. The van der Waals surface area contributed by atoms with Crippen molar-refractivity contribution < 1.29 is 9.84 Å². The fourth-order valence-corrected chi connectivity index (χ4v) is 0.844. The second-order valence-corrected chi connectivity index (χ2v) is 2.00. The summed E-state index contributed by atoms with van der Waals surface area (Å²) in [5, 5.41) is 8.93. The molecule has 0 saturated carbocycles. The van der Waals surface area contributed by atoms with E-state index in [4.69, 9.17) is 9.84 Å². The van der Waals surface area contributed by atoms with Crippen LogP contribution in [0, 0.1) is 0 Å². The number of ether oxygens (including phenoxy) is 1. The molecule has 0 spiro atoms. The smallest absolute Gasteiger partial charge is 0.276 e. The predicted octanol–water partition coefficient (Wildman–Crippen LogP) is 1.75. The maximum absolute atomic E-state index is 8.93. The highest BCUT2D eigenvalue weighted by Crippen LogP contribution is 2.19. The van der Waals surface area contributed by atoms with Gasteiger partial charge < -0.3 is 9.84 Å². The van der Waals surface area contributed by atoms with Crippen LogP contribution in [-0.2, 0) is 4.74 Å². The molecule has 0 aliphatic carbocycles. The standard InChI is InChI=1S/C7H10O2/c1-2-3-6-4-5-9-7(6)8/h2,8H,1,3-5H2. The minimum absolute atomic E-state index is 0.106. The molecule has 2 nitrogen and oxygen atoms in total. The maximum atomic E-state index is 8.93. The van der Waals surface area contributed by atoms with Gasteiger partial charge in [-0.05, 0) is 6.42 Å². The van der Waals surface area contributed by atoms with E-state index in [0.29, 0.717) is 6.61 Å². The number of hydrogen-bond acceptors (Lipinski definition) is 2. The molecule has 0 aromatic heterocycles. The summed E-state index contributed by atoms with van der Waals surface area (Å²) in [4.78, 5) is 0. The fourth-order valence-electron chi connectivity index (χ4n) is 0.844. The normalized spacial score (nSPS) is 17.8. The van der Waals surface area contributed by atoms with Crippen molar-refractivity contribution in [3.63, 3.8) is 0 Å². The van der Waals surface area contributed by atoms with Gasteiger partial charge >= 0.3 is 0 Å². The summed E-state index contributed by atoms with van der Waals surface area (Å²) in [5.41, 5.74) is 0.963. The Morgan fingerprint density at radius 2 is 2.56 bits per heavy atom. The summed E-state index contributed by atoms with van der Waals surface area (Å²) in [7, 11) is 0. The average molecular weight is 126 g/mol. The van der Waals surface area contributed by atoms with Gasteiger partial charge in [-0.2, -0.15) is 0 Å². The van der Waals surface area contributed by atoms with Crippen molar-refractivity contribution in [2.75, 3.05) is 6.61 Å². The predicted molar refractivity (Wildman–Crippen MR) is 35.0 cm³/mol. The van der Waals surface area contributed by atoms with Gasteiger partial charge in [0, 0.05) is 12.0 Å². The maximum Gasteiger partial charge on any atom is 0.276 e. The minimum Gasteiger partial charge on any atom is -0.481 e. The third-order valence-corrected chi connectivity index (χ3v) is 1.34. The molecular weight excluding hydrogens is 116 g/mol. The van der Waals surface area contributed by atoms with E-state index in [1.54, 1.807) is 6.08 Å². The zero-order valence-corrected chi connectivity index (χ0v) is 5.26. The van der Waals surface area contributed by atoms with Crippen LogP contribution in [0.3, 0.4) is 0 Å². The average Bonchev–Trinajstić information content (AvgIpc) is 2.18. The van der Waals surface area contributed by atoms with Crippen LogP contribution in [0.4, 0.5) is 0 Å². The van der Waals surface area contributed by atoms with Crippen LogP contribution in [0.1, 0.15) is 12.8 Å². The number of aliphatic hydroxyl groups is 1. The Kier molecular flexibility index (Phi) is 1.78. The lowest BCUT2D eigenvalue weighted by Gasteiger charge is -1.92. The van der Waals surface area contributed by atoms with Gasteiger partial charge in [-0.15, -0.1) is 6.58 Å². The molecule has 0 amide bonds. The summed E-state index contributed by atoms with van der Waals surface area (Å²) < 4.78 is 4.81. The Morgan fingerprint density at radius 3 is 3.00 bits per heavy atom. The molecule has 1 aliphatic rings.